The van der Waals surface area contributed by atoms with Gasteiger partial charge >= 0.3 is 0 Å². The molecule has 0 aliphatic rings. The molecule has 1 atom stereocenters. The third-order valence-electron chi connectivity index (χ3n) is 8.61. The average molecular weight is 613 g/mol. The Balaban J connectivity index is 1.79. The third kappa shape index (κ3) is 7.66. The normalized spacial score (nSPS) is 13.0. The van der Waals surface area contributed by atoms with Gasteiger partial charge in [-0.15, -0.1) is 10.2 Å². The lowest BCUT2D eigenvalue weighted by Gasteiger charge is -2.23. The van der Waals surface area contributed by atoms with Gasteiger partial charge in [-0.1, -0.05) is 66.9 Å². The number of amides is 1. The number of benzene rings is 2. The molecule has 4 rings (SSSR count). The molecule has 2 heterocycles. The first-order chi connectivity index (χ1) is 21.6. The number of fused-ring (bicyclic) bond motifs is 1. The molecule has 1 amide bonds. The first-order valence-corrected chi connectivity index (χ1v) is 16.7. The quantitative estimate of drug-likeness (QED) is 0.157. The predicted molar refractivity (Wildman–Crippen MR) is 186 cm³/mol. The molecule has 8 heteroatoms. The zero-order valence-corrected chi connectivity index (χ0v) is 28.8. The van der Waals surface area contributed by atoms with E-state index in [-0.39, 0.29) is 17.2 Å². The van der Waals surface area contributed by atoms with Crippen molar-refractivity contribution in [2.45, 2.75) is 99.3 Å². The molecule has 8 nitrogen and oxygen atoms in total. The zero-order chi connectivity index (χ0) is 32.7. The summed E-state index contributed by atoms with van der Waals surface area (Å²) < 4.78 is 7.56. The van der Waals surface area contributed by atoms with Gasteiger partial charge in [0.05, 0.1) is 18.4 Å². The van der Waals surface area contributed by atoms with Crippen molar-refractivity contribution < 1.29 is 9.53 Å². The van der Waals surface area contributed by atoms with E-state index in [0.717, 1.165) is 60.8 Å². The van der Waals surface area contributed by atoms with E-state index in [2.05, 4.69) is 100 Å². The molecule has 45 heavy (non-hydrogen) atoms. The van der Waals surface area contributed by atoms with Gasteiger partial charge in [-0.2, -0.15) is 9.61 Å². The van der Waals surface area contributed by atoms with Crippen molar-refractivity contribution >= 4 is 29.0 Å². The number of anilines is 2. The van der Waals surface area contributed by atoms with Crippen LogP contribution in [0.15, 0.2) is 36.4 Å². The summed E-state index contributed by atoms with van der Waals surface area (Å²) in [5, 5.41) is 18.4. The highest BCUT2D eigenvalue weighted by molar-refractivity contribution is 5.93. The summed E-state index contributed by atoms with van der Waals surface area (Å²) in [5.41, 5.74) is 6.42. The van der Waals surface area contributed by atoms with Crippen molar-refractivity contribution in [3.05, 3.63) is 58.4 Å². The Morgan fingerprint density at radius 2 is 1.80 bits per heavy atom. The summed E-state index contributed by atoms with van der Waals surface area (Å²) >= 11 is 0. The highest BCUT2D eigenvalue weighted by Gasteiger charge is 2.26. The number of ether oxygens (including phenoxy) is 1. The molecule has 2 aromatic heterocycles. The number of aryl methyl sites for hydroxylation is 1. The van der Waals surface area contributed by atoms with Crippen molar-refractivity contribution in [3.8, 4) is 17.1 Å². The van der Waals surface area contributed by atoms with E-state index in [9.17, 15) is 4.79 Å². The maximum Gasteiger partial charge on any atom is 0.227 e. The molecule has 4 aromatic rings. The first-order valence-electron chi connectivity index (χ1n) is 16.7. The SMILES string of the molecule is CCCCC(CC)C(=O)Nc1ccc(OC)c(-c2nnc3/c(=C\c4ccc(N(CC)CCCC)cc4C)c(C(C)(C)C)nn23)c1. The number of aromatic nitrogens is 4. The zero-order valence-electron chi connectivity index (χ0n) is 28.8. The Morgan fingerprint density at radius 1 is 1.04 bits per heavy atom. The molecule has 242 valence electrons. The van der Waals surface area contributed by atoms with E-state index in [1.807, 2.05) is 22.7 Å². The fraction of sp³-hybridized carbons (Fsp3) is 0.514. The number of hydrogen-bond acceptors (Lipinski definition) is 6. The number of carbonyl (C=O) groups is 1. The Labute approximate surface area is 269 Å². The molecule has 0 fully saturated rings. The molecule has 0 saturated heterocycles. The van der Waals surface area contributed by atoms with Gasteiger partial charge in [0.2, 0.25) is 5.91 Å². The Bertz CT molecular complexity index is 1650. The van der Waals surface area contributed by atoms with Crippen molar-refractivity contribution in [1.29, 1.82) is 0 Å². The molecular weight excluding hydrogens is 560 g/mol. The highest BCUT2D eigenvalue weighted by Crippen LogP contribution is 2.33. The van der Waals surface area contributed by atoms with E-state index >= 15 is 0 Å². The molecule has 1 N–H and O–H groups in total. The van der Waals surface area contributed by atoms with E-state index in [1.165, 1.54) is 24.1 Å². The minimum atomic E-state index is -0.232. The summed E-state index contributed by atoms with van der Waals surface area (Å²) in [6.07, 6.45) is 8.36. The first kappa shape index (κ1) is 33.9. The summed E-state index contributed by atoms with van der Waals surface area (Å²) in [4.78, 5) is 15.5. The van der Waals surface area contributed by atoms with E-state index in [0.29, 0.717) is 22.9 Å². The maximum absolute atomic E-state index is 13.1. The highest BCUT2D eigenvalue weighted by atomic mass is 16.5. The van der Waals surface area contributed by atoms with Gasteiger partial charge in [0.1, 0.15) is 5.75 Å². The lowest BCUT2D eigenvalue weighted by atomic mass is 9.90. The molecular formula is C37H52N6O2. The fourth-order valence-electron chi connectivity index (χ4n) is 5.83. The molecule has 0 radical (unpaired) electrons. The number of methoxy groups -OCH3 is 1. The van der Waals surface area contributed by atoms with Crippen LogP contribution in [0.25, 0.3) is 23.1 Å². The van der Waals surface area contributed by atoms with Crippen molar-refractivity contribution in [1.82, 2.24) is 19.8 Å². The Hall–Kier alpha value is -3.94. The standard InChI is InChI=1S/C37H52N6O2/c1-10-14-16-26(12-3)36(44)38-28-18-20-32(45-9)30(24-28)34-39-40-35-31(33(37(6,7)8)41-43(34)35)23-27-17-19-29(22-25(27)5)42(13-4)21-15-11-2/h17-20,22-24,26H,10-16,21H2,1-9H3,(H,38,44)/b31-23-. The van der Waals surface area contributed by atoms with Gasteiger partial charge in [0.25, 0.3) is 0 Å². The second kappa shape index (κ2) is 14.9. The van der Waals surface area contributed by atoms with Crippen LogP contribution in [0.3, 0.4) is 0 Å². The molecule has 0 spiro atoms. The minimum Gasteiger partial charge on any atom is -0.496 e. The van der Waals surface area contributed by atoms with E-state index < -0.39 is 0 Å². The van der Waals surface area contributed by atoms with Crippen LogP contribution < -0.4 is 20.2 Å². The summed E-state index contributed by atoms with van der Waals surface area (Å²) in [6, 6.07) is 12.3. The molecule has 0 saturated carbocycles. The van der Waals surface area contributed by atoms with Crippen LogP contribution in [-0.2, 0) is 10.2 Å². The summed E-state index contributed by atoms with van der Waals surface area (Å²) in [7, 11) is 1.64. The van der Waals surface area contributed by atoms with Crippen LogP contribution in [0.4, 0.5) is 11.4 Å². The monoisotopic (exact) mass is 612 g/mol. The number of rotatable bonds is 14. The van der Waals surface area contributed by atoms with Gasteiger partial charge in [-0.25, -0.2) is 0 Å². The van der Waals surface area contributed by atoms with Crippen LogP contribution in [0.5, 0.6) is 5.75 Å². The van der Waals surface area contributed by atoms with Crippen LogP contribution in [-0.4, -0.2) is 45.9 Å². The fourth-order valence-corrected chi connectivity index (χ4v) is 5.83. The minimum absolute atomic E-state index is 0.0154. The lowest BCUT2D eigenvalue weighted by Crippen LogP contribution is -2.24. The van der Waals surface area contributed by atoms with E-state index in [1.54, 1.807) is 7.11 Å². The molecule has 2 aromatic carbocycles. The predicted octanol–water partition coefficient (Wildman–Crippen LogP) is 7.73. The Kier molecular flexibility index (Phi) is 11.2. The Morgan fingerprint density at radius 3 is 2.42 bits per heavy atom. The van der Waals surface area contributed by atoms with Crippen molar-refractivity contribution in [2.75, 3.05) is 30.4 Å². The van der Waals surface area contributed by atoms with Crippen LogP contribution in [0.1, 0.15) is 104 Å². The van der Waals surface area contributed by atoms with Gasteiger partial charge in [-0.05, 0) is 80.6 Å². The second-order valence-electron chi connectivity index (χ2n) is 13.0. The van der Waals surface area contributed by atoms with Gasteiger partial charge < -0.3 is 15.0 Å². The molecule has 0 bridgehead atoms. The molecule has 0 aliphatic heterocycles. The summed E-state index contributed by atoms with van der Waals surface area (Å²) in [5.74, 6) is 1.24. The second-order valence-corrected chi connectivity index (χ2v) is 13.0. The maximum atomic E-state index is 13.1. The number of unbranched alkanes of at least 4 members (excludes halogenated alkanes) is 2. The van der Waals surface area contributed by atoms with Gasteiger partial charge in [0.15, 0.2) is 11.5 Å². The largest absolute Gasteiger partial charge is 0.496 e. The van der Waals surface area contributed by atoms with Crippen LogP contribution in [0, 0.1) is 12.8 Å². The average Bonchev–Trinajstić information content (AvgIpc) is 3.59. The van der Waals surface area contributed by atoms with Gasteiger partial charge in [0, 0.05) is 41.0 Å². The van der Waals surface area contributed by atoms with Crippen LogP contribution in [0.2, 0.25) is 0 Å². The van der Waals surface area contributed by atoms with Crippen LogP contribution >= 0.6 is 0 Å². The molecule has 0 aliphatic carbocycles. The van der Waals surface area contributed by atoms with Crippen molar-refractivity contribution in [2.24, 2.45) is 5.92 Å². The summed E-state index contributed by atoms with van der Waals surface area (Å²) in [6.45, 7) is 19.4. The molecule has 1 unspecified atom stereocenters. The van der Waals surface area contributed by atoms with Crippen molar-refractivity contribution in [3.63, 3.8) is 0 Å². The number of nitrogens with one attached hydrogen (secondary N) is 1. The van der Waals surface area contributed by atoms with E-state index in [4.69, 9.17) is 9.84 Å². The number of nitrogens with zero attached hydrogens (tertiary/aromatic N) is 5. The lowest BCUT2D eigenvalue weighted by molar-refractivity contribution is -0.120. The van der Waals surface area contributed by atoms with Gasteiger partial charge in [-0.3, -0.25) is 4.79 Å². The smallest absolute Gasteiger partial charge is 0.227 e. The number of carbonyl (C=O) groups excluding carboxylic acids is 1. The topological polar surface area (TPSA) is 84.6 Å². The third-order valence-corrected chi connectivity index (χ3v) is 8.61. The number of hydrogen-bond donors (Lipinski definition) is 1.